The fraction of sp³-hybridized carbons (Fsp3) is 1.00. The number of rotatable bonds is 0. The van der Waals surface area contributed by atoms with Crippen molar-refractivity contribution in [3.63, 3.8) is 0 Å². The van der Waals surface area contributed by atoms with Gasteiger partial charge in [0, 0.05) is 0 Å². The Hall–Kier alpha value is 0.130. The maximum absolute atomic E-state index is 6.50. The molecule has 0 aliphatic rings. The Bertz CT molecular complexity index is 11.5. The molecule has 0 aromatic heterocycles. The van der Waals surface area contributed by atoms with Crippen LogP contribution < -0.4 is 11.8 Å². The summed E-state index contributed by atoms with van der Waals surface area (Å²) in [6.45, 7) is 0. The molecular weight excluding hydrogens is 107 g/mol. The molecule has 0 aliphatic heterocycles. The zero-order valence-electron chi connectivity index (χ0n) is 3.42. The van der Waals surface area contributed by atoms with Crippen molar-refractivity contribution >= 4 is 12.4 Å². The van der Waals surface area contributed by atoms with Crippen molar-refractivity contribution in [2.24, 2.45) is 11.8 Å². The molecule has 0 atom stereocenters. The quantitative estimate of drug-likeness (QED) is 0.364. The molecule has 0 aromatic carbocycles. The molecule has 0 rings (SSSR count). The zero-order chi connectivity index (χ0) is 4.71. The minimum atomic E-state index is 0. The normalized spacial score (nSPS) is 4.00. The summed E-state index contributed by atoms with van der Waals surface area (Å²) in [5, 5.41) is 6.50. The molecule has 0 fully saturated rings. The van der Waals surface area contributed by atoms with E-state index in [1.807, 2.05) is 0 Å². The van der Waals surface area contributed by atoms with Gasteiger partial charge in [0.25, 0.3) is 0 Å². The summed E-state index contributed by atoms with van der Waals surface area (Å²) in [7, 11) is 1.40. The fourth-order valence-corrected chi connectivity index (χ4v) is 0. The van der Waals surface area contributed by atoms with Crippen molar-refractivity contribution in [2.45, 2.75) is 0 Å². The maximum atomic E-state index is 6.50. The molecule has 6 heavy (non-hydrogen) atoms. The molecule has 0 spiro atoms. The number of nitrogens with two attached hydrogens (primary N) is 2. The lowest BCUT2D eigenvalue weighted by molar-refractivity contribution is 0.206. The van der Waals surface area contributed by atoms with Gasteiger partial charge < -0.3 is 10.0 Å². The smallest absolute Gasteiger partial charge is 0.0569 e. The number of hydrogen-bond donors (Lipinski definition) is 3. The summed E-state index contributed by atoms with van der Waals surface area (Å²) in [5.41, 5.74) is 0. The summed E-state index contributed by atoms with van der Waals surface area (Å²) >= 11 is 0. The van der Waals surface area contributed by atoms with Gasteiger partial charge in [0.05, 0.1) is 7.11 Å². The highest BCUT2D eigenvalue weighted by molar-refractivity contribution is 5.85. The summed E-state index contributed by atoms with van der Waals surface area (Å²) in [6.07, 6.45) is 0. The van der Waals surface area contributed by atoms with E-state index in [0.29, 0.717) is 0 Å². The molecule has 0 bridgehead atoms. The summed E-state index contributed by atoms with van der Waals surface area (Å²) < 4.78 is 0. The van der Waals surface area contributed by atoms with Crippen molar-refractivity contribution < 1.29 is 10.0 Å². The second-order valence-corrected chi connectivity index (χ2v) is 0.236. The van der Waals surface area contributed by atoms with Crippen molar-refractivity contribution in [3.05, 3.63) is 0 Å². The maximum Gasteiger partial charge on any atom is 0.0569 e. The van der Waals surface area contributed by atoms with Crippen molar-refractivity contribution in [3.8, 4) is 0 Å². The molecular formula is CH9ClN2O2. The molecule has 0 radical (unpaired) electrons. The van der Waals surface area contributed by atoms with Crippen LogP contribution in [0.5, 0.6) is 0 Å². The van der Waals surface area contributed by atoms with Gasteiger partial charge in [-0.05, 0) is 0 Å². The molecule has 0 saturated heterocycles. The summed E-state index contributed by atoms with van der Waals surface area (Å²) in [6, 6.07) is 0. The molecule has 42 valence electrons. The van der Waals surface area contributed by atoms with Crippen LogP contribution in [0.2, 0.25) is 0 Å². The molecule has 4 nitrogen and oxygen atoms in total. The summed E-state index contributed by atoms with van der Waals surface area (Å²) in [5.74, 6) is 7.85. The van der Waals surface area contributed by atoms with Crippen LogP contribution in [0.25, 0.3) is 0 Å². The highest BCUT2D eigenvalue weighted by Gasteiger charge is 1.23. The number of halogens is 1. The van der Waals surface area contributed by atoms with Gasteiger partial charge in [-0.2, -0.15) is 0 Å². The molecule has 0 unspecified atom stereocenters. The Kier molecular flexibility index (Phi) is 188. The molecule has 0 aliphatic carbocycles. The van der Waals surface area contributed by atoms with E-state index in [-0.39, 0.29) is 12.4 Å². The van der Waals surface area contributed by atoms with E-state index in [9.17, 15) is 0 Å². The monoisotopic (exact) mass is 116 g/mol. The lowest BCUT2D eigenvalue weighted by atomic mass is 11.7. The highest BCUT2D eigenvalue weighted by atomic mass is 35.5. The fourth-order valence-electron chi connectivity index (χ4n) is 0. The van der Waals surface area contributed by atoms with Gasteiger partial charge >= 0.3 is 0 Å². The lowest BCUT2D eigenvalue weighted by Gasteiger charge is -1.62. The van der Waals surface area contributed by atoms with Gasteiger partial charge in [-0.25, -0.2) is 11.8 Å². The first-order valence-electron chi connectivity index (χ1n) is 0.902. The Labute approximate surface area is 42.4 Å². The van der Waals surface area contributed by atoms with Gasteiger partial charge in [0.15, 0.2) is 0 Å². The molecule has 5 heteroatoms. The van der Waals surface area contributed by atoms with Crippen LogP contribution in [0.15, 0.2) is 0 Å². The van der Waals surface area contributed by atoms with Crippen LogP contribution in [-0.2, 0) is 4.84 Å². The van der Waals surface area contributed by atoms with E-state index in [1.54, 1.807) is 0 Å². The zero-order valence-corrected chi connectivity index (χ0v) is 4.23. The average molecular weight is 117 g/mol. The Balaban J connectivity index is -0.0000000275. The van der Waals surface area contributed by atoms with E-state index < -0.39 is 0 Å². The first-order valence-corrected chi connectivity index (χ1v) is 0.902. The number of hydrogen-bond acceptors (Lipinski definition) is 4. The van der Waals surface area contributed by atoms with Gasteiger partial charge in [0.1, 0.15) is 0 Å². The van der Waals surface area contributed by atoms with E-state index >= 15 is 0 Å². The SMILES string of the molecule is CON.Cl.NO. The van der Waals surface area contributed by atoms with E-state index in [0.717, 1.165) is 0 Å². The van der Waals surface area contributed by atoms with Crippen molar-refractivity contribution in [2.75, 3.05) is 7.11 Å². The Morgan fingerprint density at radius 1 is 1.50 bits per heavy atom. The second-order valence-electron chi connectivity index (χ2n) is 0.236. The minimum absolute atomic E-state index is 0. The van der Waals surface area contributed by atoms with E-state index in [2.05, 4.69) is 16.6 Å². The summed E-state index contributed by atoms with van der Waals surface area (Å²) in [4.78, 5) is 3.75. The van der Waals surface area contributed by atoms with Crippen LogP contribution in [0.1, 0.15) is 0 Å². The van der Waals surface area contributed by atoms with E-state index in [4.69, 9.17) is 5.21 Å². The standard InChI is InChI=1S/CH5NO.ClH.H3NO/c1-3-2;;1-2/h2H2,1H3;1H;2H,1H2. The first-order chi connectivity index (χ1) is 2.41. The van der Waals surface area contributed by atoms with Crippen LogP contribution in [-0.4, -0.2) is 12.3 Å². The van der Waals surface area contributed by atoms with Gasteiger partial charge in [-0.15, -0.1) is 12.4 Å². The predicted molar refractivity (Wildman–Crippen MR) is 24.4 cm³/mol. The van der Waals surface area contributed by atoms with Crippen LogP contribution >= 0.6 is 12.4 Å². The Morgan fingerprint density at radius 3 is 1.50 bits per heavy atom. The molecule has 0 amide bonds. The van der Waals surface area contributed by atoms with Gasteiger partial charge in [-0.3, -0.25) is 0 Å². The first kappa shape index (κ1) is 16.5. The second kappa shape index (κ2) is 68.5. The largest absolute Gasteiger partial charge is 0.320 e. The topological polar surface area (TPSA) is 81.5 Å². The third-order valence-electron chi connectivity index (χ3n) is 0. The third kappa shape index (κ3) is 2390. The Morgan fingerprint density at radius 2 is 1.50 bits per heavy atom. The van der Waals surface area contributed by atoms with Crippen molar-refractivity contribution in [1.82, 2.24) is 0 Å². The molecule has 5 N–H and O–H groups in total. The third-order valence-corrected chi connectivity index (χ3v) is 0. The highest BCUT2D eigenvalue weighted by Crippen LogP contribution is 1.14. The average Bonchev–Trinajstić information content (AvgIpc) is 1.46. The van der Waals surface area contributed by atoms with E-state index in [1.165, 1.54) is 7.11 Å². The van der Waals surface area contributed by atoms with Gasteiger partial charge in [-0.1, -0.05) is 0 Å². The van der Waals surface area contributed by atoms with Gasteiger partial charge in [0.2, 0.25) is 0 Å². The predicted octanol–water partition coefficient (Wildman–Crippen LogP) is -0.737. The minimum Gasteiger partial charge on any atom is -0.320 e. The molecule has 0 aromatic rings. The van der Waals surface area contributed by atoms with Crippen LogP contribution in [0.4, 0.5) is 0 Å². The molecule has 0 heterocycles. The van der Waals surface area contributed by atoms with Crippen molar-refractivity contribution in [1.29, 1.82) is 0 Å². The molecule has 0 saturated carbocycles. The van der Waals surface area contributed by atoms with Crippen LogP contribution in [0.3, 0.4) is 0 Å². The lowest BCUT2D eigenvalue weighted by Crippen LogP contribution is -1.86. The van der Waals surface area contributed by atoms with Crippen LogP contribution in [0, 0.1) is 0 Å².